The summed E-state index contributed by atoms with van der Waals surface area (Å²) in [6, 6.07) is 18.3. The van der Waals surface area contributed by atoms with E-state index in [-0.39, 0.29) is 32.1 Å². The minimum absolute atomic E-state index is 0.0379. The van der Waals surface area contributed by atoms with Gasteiger partial charge in [0.05, 0.1) is 0 Å². The highest BCUT2D eigenvalue weighted by molar-refractivity contribution is 7.89. The van der Waals surface area contributed by atoms with Gasteiger partial charge in [-0.25, -0.2) is 17.2 Å². The van der Waals surface area contributed by atoms with E-state index in [1.807, 2.05) is 18.2 Å². The van der Waals surface area contributed by atoms with Gasteiger partial charge in [0.1, 0.15) is 16.5 Å². The number of hydrogen-bond acceptors (Lipinski definition) is 4. The molecule has 1 saturated heterocycles. The first-order valence-electron chi connectivity index (χ1n) is 11.5. The van der Waals surface area contributed by atoms with E-state index in [0.29, 0.717) is 11.6 Å². The zero-order valence-corrected chi connectivity index (χ0v) is 19.8. The summed E-state index contributed by atoms with van der Waals surface area (Å²) in [5, 5.41) is 0. The van der Waals surface area contributed by atoms with E-state index in [0.717, 1.165) is 41.6 Å². The van der Waals surface area contributed by atoms with Gasteiger partial charge < -0.3 is 9.80 Å². The molecule has 2 heterocycles. The molecule has 35 heavy (non-hydrogen) atoms. The van der Waals surface area contributed by atoms with Crippen molar-refractivity contribution in [1.29, 1.82) is 0 Å². The van der Waals surface area contributed by atoms with Crippen LogP contribution in [0.4, 0.5) is 14.5 Å². The third kappa shape index (κ3) is 4.66. The number of sulfonamides is 1. The van der Waals surface area contributed by atoms with E-state index in [2.05, 4.69) is 23.1 Å². The lowest BCUT2D eigenvalue weighted by Crippen LogP contribution is -2.50. The van der Waals surface area contributed by atoms with Gasteiger partial charge in [-0.2, -0.15) is 4.31 Å². The molecule has 3 aromatic carbocycles. The van der Waals surface area contributed by atoms with Crippen LogP contribution in [0.25, 0.3) is 0 Å². The Morgan fingerprint density at radius 1 is 0.800 bits per heavy atom. The Morgan fingerprint density at radius 2 is 1.49 bits per heavy atom. The van der Waals surface area contributed by atoms with Gasteiger partial charge in [-0.15, -0.1) is 0 Å². The molecule has 0 spiro atoms. The first kappa shape index (κ1) is 23.4. The molecule has 182 valence electrons. The van der Waals surface area contributed by atoms with E-state index < -0.39 is 26.6 Å². The van der Waals surface area contributed by atoms with Crippen molar-refractivity contribution in [2.45, 2.75) is 17.9 Å². The minimum Gasteiger partial charge on any atom is -0.367 e. The number of hydrogen-bond donors (Lipinski definition) is 0. The lowest BCUT2D eigenvalue weighted by Gasteiger charge is -2.34. The van der Waals surface area contributed by atoms with Crippen molar-refractivity contribution in [2.75, 3.05) is 37.6 Å². The van der Waals surface area contributed by atoms with Gasteiger partial charge in [-0.1, -0.05) is 24.3 Å². The number of carbonyl (C=O) groups excluding carboxylic acids is 1. The maximum atomic E-state index is 14.1. The standard InChI is InChI=1S/C26H25F2N3O3S/c27-22-7-10-25(24(28)17-22)35(33,34)31-15-13-29(14-16-31)26(32)20-5-8-23(9-6-20)30-12-11-19-3-1-2-4-21(19)18-30/h1-10,17H,11-16,18H2. The van der Waals surface area contributed by atoms with Crippen molar-refractivity contribution in [3.63, 3.8) is 0 Å². The summed E-state index contributed by atoms with van der Waals surface area (Å²) in [5.41, 5.74) is 4.27. The fourth-order valence-corrected chi connectivity index (χ4v) is 6.14. The molecule has 6 nitrogen and oxygen atoms in total. The molecule has 0 saturated carbocycles. The summed E-state index contributed by atoms with van der Waals surface area (Å²) in [6.07, 6.45) is 0.978. The highest BCUT2D eigenvalue weighted by Gasteiger charge is 2.32. The van der Waals surface area contributed by atoms with Crippen LogP contribution in [-0.2, 0) is 23.0 Å². The Balaban J connectivity index is 1.22. The lowest BCUT2D eigenvalue weighted by atomic mass is 9.99. The molecule has 0 bridgehead atoms. The van der Waals surface area contributed by atoms with Gasteiger partial charge in [-0.05, 0) is 53.9 Å². The van der Waals surface area contributed by atoms with Gasteiger partial charge in [0.15, 0.2) is 0 Å². The average Bonchev–Trinajstić information content (AvgIpc) is 2.88. The zero-order chi connectivity index (χ0) is 24.6. The second-order valence-corrected chi connectivity index (χ2v) is 10.7. The molecule has 0 unspecified atom stereocenters. The van der Waals surface area contributed by atoms with Crippen molar-refractivity contribution >= 4 is 21.6 Å². The van der Waals surface area contributed by atoms with Crippen molar-refractivity contribution in [3.8, 4) is 0 Å². The monoisotopic (exact) mass is 497 g/mol. The van der Waals surface area contributed by atoms with Crippen molar-refractivity contribution in [3.05, 3.63) is 95.1 Å². The third-order valence-corrected chi connectivity index (χ3v) is 8.58. The second-order valence-electron chi connectivity index (χ2n) is 8.76. The highest BCUT2D eigenvalue weighted by Crippen LogP contribution is 2.26. The number of piperazine rings is 1. The molecule has 0 N–H and O–H groups in total. The number of fused-ring (bicyclic) bond motifs is 1. The van der Waals surface area contributed by atoms with Crippen molar-refractivity contribution < 1.29 is 22.0 Å². The number of anilines is 1. The van der Waals surface area contributed by atoms with Crippen LogP contribution >= 0.6 is 0 Å². The topological polar surface area (TPSA) is 60.9 Å². The number of halogens is 2. The van der Waals surface area contributed by atoms with Crippen LogP contribution < -0.4 is 4.90 Å². The fourth-order valence-electron chi connectivity index (χ4n) is 4.67. The predicted molar refractivity (Wildman–Crippen MR) is 129 cm³/mol. The van der Waals surface area contributed by atoms with Gasteiger partial charge in [0.2, 0.25) is 10.0 Å². The highest BCUT2D eigenvalue weighted by atomic mass is 32.2. The van der Waals surface area contributed by atoms with Crippen LogP contribution in [0, 0.1) is 11.6 Å². The lowest BCUT2D eigenvalue weighted by molar-refractivity contribution is 0.0697. The Bertz CT molecular complexity index is 1350. The molecule has 0 atom stereocenters. The molecular formula is C26H25F2N3O3S. The first-order chi connectivity index (χ1) is 16.8. The summed E-state index contributed by atoms with van der Waals surface area (Å²) >= 11 is 0. The van der Waals surface area contributed by atoms with Crippen LogP contribution in [0.15, 0.2) is 71.6 Å². The SMILES string of the molecule is O=C(c1ccc(N2CCc3ccccc3C2)cc1)N1CCN(S(=O)(=O)c2ccc(F)cc2F)CC1. The number of rotatable bonds is 4. The van der Waals surface area contributed by atoms with E-state index >= 15 is 0 Å². The minimum atomic E-state index is -4.11. The molecule has 2 aliphatic heterocycles. The maximum absolute atomic E-state index is 14.1. The van der Waals surface area contributed by atoms with E-state index in [1.165, 1.54) is 11.1 Å². The second kappa shape index (κ2) is 9.39. The van der Waals surface area contributed by atoms with Crippen molar-refractivity contribution in [2.24, 2.45) is 0 Å². The molecule has 5 rings (SSSR count). The van der Waals surface area contributed by atoms with Gasteiger partial charge in [0.25, 0.3) is 5.91 Å². The number of benzene rings is 3. The maximum Gasteiger partial charge on any atom is 0.253 e. The molecule has 3 aromatic rings. The molecule has 0 radical (unpaired) electrons. The normalized spacial score (nSPS) is 16.7. The predicted octanol–water partition coefficient (Wildman–Crippen LogP) is 3.67. The Labute approximate surface area is 203 Å². The third-order valence-electron chi connectivity index (χ3n) is 6.65. The van der Waals surface area contributed by atoms with E-state index in [1.54, 1.807) is 17.0 Å². The van der Waals surface area contributed by atoms with E-state index in [9.17, 15) is 22.0 Å². The van der Waals surface area contributed by atoms with Crippen molar-refractivity contribution in [1.82, 2.24) is 9.21 Å². The van der Waals surface area contributed by atoms with Gasteiger partial charge in [-0.3, -0.25) is 4.79 Å². The first-order valence-corrected chi connectivity index (χ1v) is 12.9. The summed E-state index contributed by atoms with van der Waals surface area (Å²) in [6.45, 7) is 2.19. The van der Waals surface area contributed by atoms with Crippen LogP contribution in [0.3, 0.4) is 0 Å². The van der Waals surface area contributed by atoms with E-state index in [4.69, 9.17) is 0 Å². The molecule has 0 aromatic heterocycles. The fraction of sp³-hybridized carbons (Fsp3) is 0.269. The molecule has 2 aliphatic rings. The Hall–Kier alpha value is -3.30. The quantitative estimate of drug-likeness (QED) is 0.552. The number of amides is 1. The largest absolute Gasteiger partial charge is 0.367 e. The summed E-state index contributed by atoms with van der Waals surface area (Å²) in [5.74, 6) is -2.14. The summed E-state index contributed by atoms with van der Waals surface area (Å²) in [4.78, 5) is 16.3. The van der Waals surface area contributed by atoms with Crippen LogP contribution in [0.5, 0.6) is 0 Å². The molecule has 1 fully saturated rings. The zero-order valence-electron chi connectivity index (χ0n) is 19.0. The molecular weight excluding hydrogens is 472 g/mol. The smallest absolute Gasteiger partial charge is 0.253 e. The Morgan fingerprint density at radius 3 is 2.17 bits per heavy atom. The summed E-state index contributed by atoms with van der Waals surface area (Å²) in [7, 11) is -4.11. The molecule has 9 heteroatoms. The van der Waals surface area contributed by atoms with Crippen LogP contribution in [0.1, 0.15) is 21.5 Å². The number of nitrogens with zero attached hydrogens (tertiary/aromatic N) is 3. The molecule has 1 amide bonds. The van der Waals surface area contributed by atoms with Gasteiger partial charge >= 0.3 is 0 Å². The van der Waals surface area contributed by atoms with Crippen LogP contribution in [0.2, 0.25) is 0 Å². The molecule has 0 aliphatic carbocycles. The summed E-state index contributed by atoms with van der Waals surface area (Å²) < 4.78 is 53.9. The Kier molecular flexibility index (Phi) is 6.29. The average molecular weight is 498 g/mol. The van der Waals surface area contributed by atoms with Gasteiger partial charge in [0, 0.05) is 56.6 Å². The number of carbonyl (C=O) groups is 1. The van der Waals surface area contributed by atoms with Crippen LogP contribution in [-0.4, -0.2) is 56.3 Å².